The zero-order valence-corrected chi connectivity index (χ0v) is 12.8. The van der Waals surface area contributed by atoms with E-state index in [1.54, 1.807) is 6.92 Å². The summed E-state index contributed by atoms with van der Waals surface area (Å²) in [6.07, 6.45) is 3.96. The van der Waals surface area contributed by atoms with Gasteiger partial charge in [-0.2, -0.15) is 0 Å². The van der Waals surface area contributed by atoms with Crippen molar-refractivity contribution in [1.29, 1.82) is 0 Å². The van der Waals surface area contributed by atoms with Gasteiger partial charge in [-0.3, -0.25) is 4.79 Å². The maximum absolute atomic E-state index is 11.8. The maximum Gasteiger partial charge on any atom is 0.217 e. The van der Waals surface area contributed by atoms with E-state index in [9.17, 15) is 4.79 Å². The lowest BCUT2D eigenvalue weighted by Gasteiger charge is -2.17. The smallest absolute Gasteiger partial charge is 0.217 e. The van der Waals surface area contributed by atoms with E-state index in [-0.39, 0.29) is 11.9 Å². The average molecular weight is 303 g/mol. The highest BCUT2D eigenvalue weighted by atomic mass is 16.1. The van der Waals surface area contributed by atoms with Crippen molar-refractivity contribution in [2.45, 2.75) is 13.0 Å². The number of aromatic amines is 2. The third-order valence-corrected chi connectivity index (χ3v) is 4.21. The summed E-state index contributed by atoms with van der Waals surface area (Å²) in [5.74, 6) is -0.0504. The molecule has 0 aliphatic carbocycles. The van der Waals surface area contributed by atoms with Crippen LogP contribution in [0.4, 0.5) is 0 Å². The zero-order valence-electron chi connectivity index (χ0n) is 12.8. The highest BCUT2D eigenvalue weighted by molar-refractivity contribution is 5.89. The Balaban J connectivity index is 1.92. The van der Waals surface area contributed by atoms with E-state index in [0.717, 1.165) is 32.9 Å². The van der Waals surface area contributed by atoms with Crippen molar-refractivity contribution in [1.82, 2.24) is 15.3 Å². The maximum atomic E-state index is 11.8. The van der Waals surface area contributed by atoms with Gasteiger partial charge in [0.05, 0.1) is 6.04 Å². The van der Waals surface area contributed by atoms with Gasteiger partial charge in [0.2, 0.25) is 5.91 Å². The molecule has 4 rings (SSSR count). The lowest BCUT2D eigenvalue weighted by Crippen LogP contribution is -2.26. The molecule has 0 aliphatic rings. The Kier molecular flexibility index (Phi) is 3.15. The number of carbonyl (C=O) groups excluding carboxylic acids is 1. The lowest BCUT2D eigenvalue weighted by molar-refractivity contribution is -0.119. The summed E-state index contributed by atoms with van der Waals surface area (Å²) in [7, 11) is 0. The van der Waals surface area contributed by atoms with E-state index in [4.69, 9.17) is 0 Å². The van der Waals surface area contributed by atoms with Gasteiger partial charge in [0.25, 0.3) is 0 Å². The molecular weight excluding hydrogens is 286 g/mol. The van der Waals surface area contributed by atoms with Gasteiger partial charge in [-0.1, -0.05) is 36.4 Å². The number of benzene rings is 2. The quantitative estimate of drug-likeness (QED) is 0.528. The van der Waals surface area contributed by atoms with Crippen LogP contribution in [-0.4, -0.2) is 15.9 Å². The van der Waals surface area contributed by atoms with Crippen molar-refractivity contribution in [3.8, 4) is 0 Å². The predicted molar refractivity (Wildman–Crippen MR) is 92.3 cm³/mol. The third kappa shape index (κ3) is 2.28. The Hall–Kier alpha value is -3.01. The predicted octanol–water partition coefficient (Wildman–Crippen LogP) is 3.87. The van der Waals surface area contributed by atoms with Crippen molar-refractivity contribution >= 4 is 27.7 Å². The molecule has 0 unspecified atom stereocenters. The number of aromatic nitrogens is 2. The molecule has 1 amide bonds. The second-order valence-electron chi connectivity index (χ2n) is 5.71. The standard InChI is InChI=1S/C19H17N3O/c1-12(23)22-19(15-10-20-17-8-4-2-6-13(15)17)16-11-21-18-9-5-3-7-14(16)18/h2-11,19-21H,1H3,(H,22,23). The molecule has 0 atom stereocenters. The largest absolute Gasteiger partial charge is 0.361 e. The highest BCUT2D eigenvalue weighted by Gasteiger charge is 2.21. The SMILES string of the molecule is CC(=O)NC(c1c[nH]c2ccccc12)c1c[nH]c2ccccc12. The summed E-state index contributed by atoms with van der Waals surface area (Å²) in [5, 5.41) is 5.33. The van der Waals surface area contributed by atoms with E-state index in [2.05, 4.69) is 27.4 Å². The van der Waals surface area contributed by atoms with Crippen molar-refractivity contribution < 1.29 is 4.79 Å². The summed E-state index contributed by atoms with van der Waals surface area (Å²) in [6, 6.07) is 16.1. The molecule has 0 saturated heterocycles. The molecule has 2 heterocycles. The van der Waals surface area contributed by atoms with Crippen LogP contribution in [-0.2, 0) is 4.79 Å². The number of fused-ring (bicyclic) bond motifs is 2. The molecule has 23 heavy (non-hydrogen) atoms. The molecule has 0 aliphatic heterocycles. The molecule has 4 nitrogen and oxygen atoms in total. The van der Waals surface area contributed by atoms with Crippen molar-refractivity contribution in [3.05, 3.63) is 72.1 Å². The molecule has 0 bridgehead atoms. The fourth-order valence-electron chi connectivity index (χ4n) is 3.19. The fourth-order valence-corrected chi connectivity index (χ4v) is 3.19. The van der Waals surface area contributed by atoms with Crippen LogP contribution in [0.3, 0.4) is 0 Å². The normalized spacial score (nSPS) is 11.4. The summed E-state index contributed by atoms with van der Waals surface area (Å²) in [4.78, 5) is 18.4. The van der Waals surface area contributed by atoms with E-state index in [0.29, 0.717) is 0 Å². The molecule has 2 aromatic heterocycles. The van der Waals surface area contributed by atoms with Crippen LogP contribution < -0.4 is 5.32 Å². The van der Waals surface area contributed by atoms with Crippen molar-refractivity contribution in [3.63, 3.8) is 0 Å². The number of amides is 1. The fraction of sp³-hybridized carbons (Fsp3) is 0.105. The molecule has 0 spiro atoms. The minimum Gasteiger partial charge on any atom is -0.361 e. The van der Waals surface area contributed by atoms with Crippen LogP contribution in [0.5, 0.6) is 0 Å². The van der Waals surface area contributed by atoms with E-state index in [1.165, 1.54) is 0 Å². The minimum absolute atomic E-state index is 0.0504. The van der Waals surface area contributed by atoms with Crippen molar-refractivity contribution in [2.24, 2.45) is 0 Å². The van der Waals surface area contributed by atoms with E-state index < -0.39 is 0 Å². The minimum atomic E-state index is -0.195. The number of hydrogen-bond acceptors (Lipinski definition) is 1. The van der Waals surface area contributed by atoms with E-state index >= 15 is 0 Å². The monoisotopic (exact) mass is 303 g/mol. The van der Waals surface area contributed by atoms with Gasteiger partial charge in [0, 0.05) is 52.3 Å². The van der Waals surface area contributed by atoms with Crippen LogP contribution in [0.25, 0.3) is 21.8 Å². The van der Waals surface area contributed by atoms with Gasteiger partial charge >= 0.3 is 0 Å². The van der Waals surface area contributed by atoms with E-state index in [1.807, 2.05) is 48.8 Å². The number of rotatable bonds is 3. The Labute approximate surface area is 133 Å². The molecule has 2 aromatic carbocycles. The molecule has 0 fully saturated rings. The summed E-state index contributed by atoms with van der Waals surface area (Å²) >= 11 is 0. The molecule has 4 heteroatoms. The van der Waals surface area contributed by atoms with Gasteiger partial charge in [-0.15, -0.1) is 0 Å². The number of hydrogen-bond donors (Lipinski definition) is 3. The van der Waals surface area contributed by atoms with Gasteiger partial charge in [0.1, 0.15) is 0 Å². The molecule has 0 radical (unpaired) electrons. The first-order valence-electron chi connectivity index (χ1n) is 7.63. The summed E-state index contributed by atoms with van der Waals surface area (Å²) < 4.78 is 0. The molecule has 4 aromatic rings. The first kappa shape index (κ1) is 13.6. The van der Waals surface area contributed by atoms with Crippen LogP contribution in [0, 0.1) is 0 Å². The molecular formula is C19H17N3O. The highest BCUT2D eigenvalue weighted by Crippen LogP contribution is 2.32. The Morgan fingerprint density at radius 3 is 1.83 bits per heavy atom. The molecule has 3 N–H and O–H groups in total. The first-order valence-corrected chi connectivity index (χ1v) is 7.63. The average Bonchev–Trinajstić information content (AvgIpc) is 3.17. The van der Waals surface area contributed by atoms with Crippen LogP contribution >= 0.6 is 0 Å². The Morgan fingerprint density at radius 1 is 0.870 bits per heavy atom. The van der Waals surface area contributed by atoms with Gasteiger partial charge in [0.15, 0.2) is 0 Å². The topological polar surface area (TPSA) is 60.7 Å². The molecule has 114 valence electrons. The van der Waals surface area contributed by atoms with Crippen LogP contribution in [0.1, 0.15) is 24.1 Å². The van der Waals surface area contributed by atoms with Crippen LogP contribution in [0.2, 0.25) is 0 Å². The zero-order chi connectivity index (χ0) is 15.8. The summed E-state index contributed by atoms with van der Waals surface area (Å²) in [5.41, 5.74) is 4.27. The first-order chi connectivity index (χ1) is 11.2. The van der Waals surface area contributed by atoms with Crippen LogP contribution in [0.15, 0.2) is 60.9 Å². The molecule has 0 saturated carbocycles. The number of nitrogens with one attached hydrogen (secondary N) is 3. The summed E-state index contributed by atoms with van der Waals surface area (Å²) in [6.45, 7) is 1.55. The number of carbonyl (C=O) groups is 1. The third-order valence-electron chi connectivity index (χ3n) is 4.21. The Morgan fingerprint density at radius 2 is 1.35 bits per heavy atom. The second-order valence-corrected chi connectivity index (χ2v) is 5.71. The number of H-pyrrole nitrogens is 2. The lowest BCUT2D eigenvalue weighted by atomic mass is 9.97. The number of para-hydroxylation sites is 2. The van der Waals surface area contributed by atoms with Crippen molar-refractivity contribution in [2.75, 3.05) is 0 Å². The van der Waals surface area contributed by atoms with Gasteiger partial charge in [-0.25, -0.2) is 0 Å². The van der Waals surface area contributed by atoms with Gasteiger partial charge < -0.3 is 15.3 Å². The second kappa shape index (κ2) is 5.32. The Bertz CT molecular complexity index is 922. The van der Waals surface area contributed by atoms with Gasteiger partial charge in [-0.05, 0) is 12.1 Å².